The summed E-state index contributed by atoms with van der Waals surface area (Å²) in [6.07, 6.45) is 3.92. The molecule has 2 aromatic rings. The molecule has 2 aliphatic heterocycles. The largest absolute Gasteiger partial charge is 0.376 e. The van der Waals surface area contributed by atoms with E-state index in [0.29, 0.717) is 6.61 Å². The van der Waals surface area contributed by atoms with Crippen LogP contribution in [0.2, 0.25) is 0 Å². The smallest absolute Gasteiger partial charge is 0.251 e. The molecule has 140 valence electrons. The minimum Gasteiger partial charge on any atom is -0.376 e. The van der Waals surface area contributed by atoms with Crippen molar-refractivity contribution in [3.05, 3.63) is 35.5 Å². The number of nitrogens with zero attached hydrogens (tertiary/aromatic N) is 1. The number of aromatic nitrogens is 1. The van der Waals surface area contributed by atoms with Crippen LogP contribution in [0.4, 0.5) is 0 Å². The quantitative estimate of drug-likeness (QED) is 0.911. The number of aromatic amines is 1. The van der Waals surface area contributed by atoms with Crippen LogP contribution < -0.4 is 0 Å². The number of nitrogens with one attached hydrogen (secondary N) is 1. The van der Waals surface area contributed by atoms with Gasteiger partial charge in [-0.15, -0.1) is 0 Å². The Balaban J connectivity index is 1.43. The lowest BCUT2D eigenvalue weighted by Crippen LogP contribution is -2.44. The summed E-state index contributed by atoms with van der Waals surface area (Å²) in [5.74, 6) is 0.0672. The van der Waals surface area contributed by atoms with E-state index in [1.165, 1.54) is 17.4 Å². The molecule has 1 fully saturated rings. The van der Waals surface area contributed by atoms with Gasteiger partial charge in [0, 0.05) is 29.7 Å². The molecule has 1 aromatic carbocycles. The predicted molar refractivity (Wildman–Crippen MR) is 101 cm³/mol. The number of carbonyl (C=O) groups is 1. The summed E-state index contributed by atoms with van der Waals surface area (Å²) in [6, 6.07) is 8.41. The van der Waals surface area contributed by atoms with Crippen LogP contribution in [0.25, 0.3) is 10.9 Å². The van der Waals surface area contributed by atoms with Crippen LogP contribution in [0.5, 0.6) is 0 Å². The predicted octanol–water partition coefficient (Wildman–Crippen LogP) is 3.59. The van der Waals surface area contributed by atoms with Crippen molar-refractivity contribution in [2.24, 2.45) is 0 Å². The van der Waals surface area contributed by atoms with Gasteiger partial charge in [0.1, 0.15) is 6.10 Å². The maximum Gasteiger partial charge on any atom is 0.251 e. The van der Waals surface area contributed by atoms with Crippen LogP contribution in [0, 0.1) is 0 Å². The molecule has 4 rings (SSSR count). The van der Waals surface area contributed by atoms with Crippen LogP contribution in [0.15, 0.2) is 24.3 Å². The fourth-order valence-corrected chi connectivity index (χ4v) is 4.22. The van der Waals surface area contributed by atoms with E-state index in [1.54, 1.807) is 0 Å². The molecule has 1 aromatic heterocycles. The summed E-state index contributed by atoms with van der Waals surface area (Å²) in [4.78, 5) is 18.4. The lowest BCUT2D eigenvalue weighted by molar-refractivity contribution is -0.148. The molecule has 5 heteroatoms. The van der Waals surface area contributed by atoms with Crippen molar-refractivity contribution in [3.8, 4) is 0 Å². The second-order valence-electron chi connectivity index (χ2n) is 7.48. The van der Waals surface area contributed by atoms with E-state index in [-0.39, 0.29) is 18.1 Å². The summed E-state index contributed by atoms with van der Waals surface area (Å²) in [5.41, 5.74) is 3.66. The van der Waals surface area contributed by atoms with Crippen LogP contribution in [-0.4, -0.2) is 47.8 Å². The monoisotopic (exact) mass is 356 g/mol. The highest BCUT2D eigenvalue weighted by Gasteiger charge is 2.33. The summed E-state index contributed by atoms with van der Waals surface area (Å²) in [7, 11) is 0. The highest BCUT2D eigenvalue weighted by Crippen LogP contribution is 2.34. The average Bonchev–Trinajstić information content (AvgIpc) is 3.06. The van der Waals surface area contributed by atoms with Gasteiger partial charge in [0.15, 0.2) is 0 Å². The van der Waals surface area contributed by atoms with Crippen molar-refractivity contribution < 1.29 is 14.3 Å². The zero-order chi connectivity index (χ0) is 18.1. The molecule has 3 atom stereocenters. The molecule has 2 aliphatic rings. The van der Waals surface area contributed by atoms with E-state index in [2.05, 4.69) is 30.1 Å². The average molecular weight is 356 g/mol. The summed E-state index contributed by atoms with van der Waals surface area (Å²) in [5, 5.41) is 1.28. The lowest BCUT2D eigenvalue weighted by atomic mass is 9.98. The number of amides is 1. The second kappa shape index (κ2) is 7.41. The Kier molecular flexibility index (Phi) is 5.00. The maximum absolute atomic E-state index is 13.0. The van der Waals surface area contributed by atoms with Crippen molar-refractivity contribution in [1.82, 2.24) is 9.88 Å². The van der Waals surface area contributed by atoms with E-state index < -0.39 is 6.10 Å². The van der Waals surface area contributed by atoms with Crippen LogP contribution in [0.3, 0.4) is 0 Å². The molecule has 5 nitrogen and oxygen atoms in total. The number of benzene rings is 1. The van der Waals surface area contributed by atoms with Crippen LogP contribution in [0.1, 0.15) is 50.4 Å². The Morgan fingerprint density at radius 1 is 1.38 bits per heavy atom. The summed E-state index contributed by atoms with van der Waals surface area (Å²) < 4.78 is 11.6. The molecular formula is C21H28N2O3. The topological polar surface area (TPSA) is 54.6 Å². The number of rotatable bonds is 4. The van der Waals surface area contributed by atoms with Crippen LogP contribution in [-0.2, 0) is 20.7 Å². The van der Waals surface area contributed by atoms with Crippen molar-refractivity contribution >= 4 is 16.8 Å². The van der Waals surface area contributed by atoms with Gasteiger partial charge in [-0.1, -0.05) is 18.2 Å². The Bertz CT molecular complexity index is 779. The zero-order valence-corrected chi connectivity index (χ0v) is 15.7. The first-order valence-electron chi connectivity index (χ1n) is 9.78. The Hall–Kier alpha value is -1.85. The first-order chi connectivity index (χ1) is 12.6. The van der Waals surface area contributed by atoms with Gasteiger partial charge in [-0.05, 0) is 51.2 Å². The number of para-hydroxylation sites is 1. The van der Waals surface area contributed by atoms with E-state index in [9.17, 15) is 4.79 Å². The first kappa shape index (κ1) is 17.6. The molecule has 1 N–H and O–H groups in total. The fraction of sp³-hybridized carbons (Fsp3) is 0.571. The SMILES string of the molecule is C[C@H](OC[C@@H]1CCCCO1)C(=O)N1CCc2c([nH]c3ccccc23)[C@@H]1C. The normalized spacial score (nSPS) is 24.5. The number of hydrogen-bond donors (Lipinski definition) is 1. The molecule has 3 heterocycles. The fourth-order valence-electron chi connectivity index (χ4n) is 4.22. The van der Waals surface area contributed by atoms with Gasteiger partial charge in [-0.3, -0.25) is 4.79 Å². The van der Waals surface area contributed by atoms with E-state index in [1.807, 2.05) is 17.9 Å². The molecule has 0 bridgehead atoms. The molecule has 26 heavy (non-hydrogen) atoms. The molecule has 1 saturated heterocycles. The number of H-pyrrole nitrogens is 1. The van der Waals surface area contributed by atoms with Gasteiger partial charge in [-0.2, -0.15) is 0 Å². The Morgan fingerprint density at radius 3 is 3.04 bits per heavy atom. The standard InChI is InChI=1S/C21H28N2O3/c1-14-20-18(17-8-3-4-9-19(17)22-20)10-11-23(14)21(24)15(2)26-13-16-7-5-6-12-25-16/h3-4,8-9,14-16,22H,5-7,10-13H2,1-2H3/t14-,15-,16-/m0/s1. The van der Waals surface area contributed by atoms with Gasteiger partial charge in [-0.25, -0.2) is 0 Å². The maximum atomic E-state index is 13.0. The Morgan fingerprint density at radius 2 is 2.23 bits per heavy atom. The van der Waals surface area contributed by atoms with Crippen molar-refractivity contribution in [2.45, 2.75) is 57.8 Å². The van der Waals surface area contributed by atoms with Gasteiger partial charge < -0.3 is 19.4 Å². The highest BCUT2D eigenvalue weighted by atomic mass is 16.5. The van der Waals surface area contributed by atoms with Crippen molar-refractivity contribution in [2.75, 3.05) is 19.8 Å². The van der Waals surface area contributed by atoms with Crippen molar-refractivity contribution in [3.63, 3.8) is 0 Å². The summed E-state index contributed by atoms with van der Waals surface area (Å²) >= 11 is 0. The molecule has 0 saturated carbocycles. The molecule has 0 radical (unpaired) electrons. The number of fused-ring (bicyclic) bond motifs is 3. The summed E-state index contributed by atoms with van der Waals surface area (Å²) in [6.45, 7) is 6.01. The lowest BCUT2D eigenvalue weighted by Gasteiger charge is -2.35. The molecule has 0 unspecified atom stereocenters. The second-order valence-corrected chi connectivity index (χ2v) is 7.48. The molecule has 0 spiro atoms. The minimum absolute atomic E-state index is 0.0376. The molecule has 1 amide bonds. The third-order valence-corrected chi connectivity index (χ3v) is 5.77. The van der Waals surface area contributed by atoms with Gasteiger partial charge in [0.05, 0.1) is 18.8 Å². The van der Waals surface area contributed by atoms with Gasteiger partial charge >= 0.3 is 0 Å². The Labute approximate surface area is 154 Å². The highest BCUT2D eigenvalue weighted by molar-refractivity contribution is 5.86. The number of ether oxygens (including phenoxy) is 2. The third-order valence-electron chi connectivity index (χ3n) is 5.77. The minimum atomic E-state index is -0.436. The third kappa shape index (κ3) is 3.26. The zero-order valence-electron chi connectivity index (χ0n) is 15.7. The number of hydrogen-bond acceptors (Lipinski definition) is 3. The molecule has 0 aliphatic carbocycles. The first-order valence-corrected chi connectivity index (χ1v) is 9.78. The van der Waals surface area contributed by atoms with Crippen LogP contribution >= 0.6 is 0 Å². The van der Waals surface area contributed by atoms with E-state index in [4.69, 9.17) is 9.47 Å². The molecular weight excluding hydrogens is 328 g/mol. The van der Waals surface area contributed by atoms with Gasteiger partial charge in [0.2, 0.25) is 0 Å². The van der Waals surface area contributed by atoms with E-state index >= 15 is 0 Å². The van der Waals surface area contributed by atoms with Gasteiger partial charge in [0.25, 0.3) is 5.91 Å². The van der Waals surface area contributed by atoms with E-state index in [0.717, 1.165) is 43.6 Å². The number of carbonyl (C=O) groups excluding carboxylic acids is 1. The van der Waals surface area contributed by atoms with Crippen molar-refractivity contribution in [1.29, 1.82) is 0 Å².